The maximum Gasteiger partial charge on any atom is 0.250 e. The van der Waals surface area contributed by atoms with Crippen molar-refractivity contribution in [3.05, 3.63) is 23.8 Å². The summed E-state index contributed by atoms with van der Waals surface area (Å²) in [5.74, 6) is 0.992. The van der Waals surface area contributed by atoms with E-state index < -0.39 is 5.91 Å². The Morgan fingerprint density at radius 1 is 1.23 bits per heavy atom. The minimum Gasteiger partial charge on any atom is -0.494 e. The first-order valence-electron chi connectivity index (χ1n) is 10.2. The molecule has 3 N–H and O–H groups in total. The molecule has 0 unspecified atom stereocenters. The van der Waals surface area contributed by atoms with Crippen molar-refractivity contribution in [2.24, 2.45) is 11.7 Å². The van der Waals surface area contributed by atoms with Crippen LogP contribution in [0.2, 0.25) is 0 Å². The number of nitrogens with one attached hydrogen (secondary N) is 1. The summed E-state index contributed by atoms with van der Waals surface area (Å²) in [7, 11) is 0. The number of hydrogen-bond acceptors (Lipinski definition) is 4. The van der Waals surface area contributed by atoms with Gasteiger partial charge in [-0.3, -0.25) is 4.79 Å². The maximum absolute atomic E-state index is 11.8. The molecule has 26 heavy (non-hydrogen) atoms. The Hall–Kier alpha value is -1.75. The van der Waals surface area contributed by atoms with Crippen LogP contribution in [-0.4, -0.2) is 43.6 Å². The van der Waals surface area contributed by atoms with Crippen molar-refractivity contribution < 1.29 is 9.53 Å². The van der Waals surface area contributed by atoms with E-state index in [2.05, 4.69) is 24.1 Å². The lowest BCUT2D eigenvalue weighted by Gasteiger charge is -2.23. The molecule has 2 rings (SSSR count). The Balaban J connectivity index is 1.87. The number of carbonyl (C=O) groups excluding carboxylic acids is 1. The average molecular weight is 362 g/mol. The van der Waals surface area contributed by atoms with Gasteiger partial charge in [0.1, 0.15) is 5.75 Å². The van der Waals surface area contributed by atoms with Gasteiger partial charge in [-0.2, -0.15) is 0 Å². The van der Waals surface area contributed by atoms with Crippen molar-refractivity contribution in [3.8, 4) is 5.75 Å². The standard InChI is InChI=1S/C21H35N3O2/c1-3-24(4-2)13-8-14-26-18-11-12-20(19(15-18)21(22)25)23-16-17-9-6-5-7-10-17/h11-12,15,17,23H,3-10,13-14,16H2,1-2H3,(H2,22,25). The summed E-state index contributed by atoms with van der Waals surface area (Å²) < 4.78 is 5.82. The second-order valence-electron chi connectivity index (χ2n) is 7.19. The lowest BCUT2D eigenvalue weighted by atomic mass is 9.89. The summed E-state index contributed by atoms with van der Waals surface area (Å²) in [5.41, 5.74) is 6.92. The van der Waals surface area contributed by atoms with Crippen LogP contribution in [0.5, 0.6) is 5.75 Å². The van der Waals surface area contributed by atoms with Gasteiger partial charge in [-0.05, 0) is 56.5 Å². The number of rotatable bonds is 11. The molecule has 0 bridgehead atoms. The van der Waals surface area contributed by atoms with Gasteiger partial charge in [0, 0.05) is 18.8 Å². The van der Waals surface area contributed by atoms with Crippen molar-refractivity contribution in [1.82, 2.24) is 4.90 Å². The molecule has 0 atom stereocenters. The minimum atomic E-state index is -0.412. The van der Waals surface area contributed by atoms with E-state index in [1.54, 1.807) is 6.07 Å². The molecule has 0 aliphatic heterocycles. The van der Waals surface area contributed by atoms with Gasteiger partial charge < -0.3 is 20.7 Å². The Morgan fingerprint density at radius 2 is 1.96 bits per heavy atom. The number of hydrogen-bond donors (Lipinski definition) is 2. The fraction of sp³-hybridized carbons (Fsp3) is 0.667. The molecule has 1 aliphatic rings. The Bertz CT molecular complexity index is 552. The molecule has 5 nitrogen and oxygen atoms in total. The number of nitrogens with two attached hydrogens (primary N) is 1. The zero-order valence-corrected chi connectivity index (χ0v) is 16.4. The fourth-order valence-electron chi connectivity index (χ4n) is 3.63. The number of carbonyl (C=O) groups is 1. The maximum atomic E-state index is 11.8. The van der Waals surface area contributed by atoms with Gasteiger partial charge in [-0.1, -0.05) is 33.1 Å². The molecule has 0 saturated heterocycles. The van der Waals surface area contributed by atoms with Gasteiger partial charge in [0.05, 0.1) is 12.2 Å². The number of benzene rings is 1. The van der Waals surface area contributed by atoms with Crippen molar-refractivity contribution >= 4 is 11.6 Å². The number of ether oxygens (including phenoxy) is 1. The molecule has 0 radical (unpaired) electrons. The van der Waals surface area contributed by atoms with Crippen LogP contribution in [0, 0.1) is 5.92 Å². The third-order valence-electron chi connectivity index (χ3n) is 5.34. The predicted octanol–water partition coefficient (Wildman–Crippen LogP) is 3.89. The summed E-state index contributed by atoms with van der Waals surface area (Å²) in [6.45, 7) is 9.03. The van der Waals surface area contributed by atoms with Crippen LogP contribution < -0.4 is 15.8 Å². The molecule has 0 heterocycles. The normalized spacial score (nSPS) is 15.2. The van der Waals surface area contributed by atoms with Gasteiger partial charge in [-0.25, -0.2) is 0 Å². The van der Waals surface area contributed by atoms with Crippen LogP contribution in [0.15, 0.2) is 18.2 Å². The predicted molar refractivity (Wildman–Crippen MR) is 108 cm³/mol. The molecule has 1 amide bonds. The van der Waals surface area contributed by atoms with Gasteiger partial charge in [-0.15, -0.1) is 0 Å². The number of anilines is 1. The second-order valence-corrected chi connectivity index (χ2v) is 7.19. The van der Waals surface area contributed by atoms with Crippen molar-refractivity contribution in [2.45, 2.75) is 52.4 Å². The largest absolute Gasteiger partial charge is 0.494 e. The van der Waals surface area contributed by atoms with E-state index in [1.807, 2.05) is 12.1 Å². The van der Waals surface area contributed by atoms with Crippen LogP contribution in [0.3, 0.4) is 0 Å². The molecule has 1 fully saturated rings. The van der Waals surface area contributed by atoms with Crippen molar-refractivity contribution in [3.63, 3.8) is 0 Å². The Labute approximate surface area is 158 Å². The first-order chi connectivity index (χ1) is 12.6. The van der Waals surface area contributed by atoms with E-state index >= 15 is 0 Å². The SMILES string of the molecule is CCN(CC)CCCOc1ccc(NCC2CCCCC2)c(C(N)=O)c1. The van der Waals surface area contributed by atoms with Crippen LogP contribution >= 0.6 is 0 Å². The van der Waals surface area contributed by atoms with Crippen LogP contribution in [0.4, 0.5) is 5.69 Å². The second kappa shape index (κ2) is 11.1. The van der Waals surface area contributed by atoms with E-state index in [4.69, 9.17) is 10.5 Å². The smallest absolute Gasteiger partial charge is 0.250 e. The van der Waals surface area contributed by atoms with E-state index in [1.165, 1.54) is 32.1 Å². The summed E-state index contributed by atoms with van der Waals surface area (Å²) >= 11 is 0. The third-order valence-corrected chi connectivity index (χ3v) is 5.34. The summed E-state index contributed by atoms with van der Waals surface area (Å²) in [6, 6.07) is 5.61. The van der Waals surface area contributed by atoms with E-state index in [9.17, 15) is 4.79 Å². The van der Waals surface area contributed by atoms with Gasteiger partial charge >= 0.3 is 0 Å². The molecule has 1 aliphatic carbocycles. The molecular formula is C21H35N3O2. The first-order valence-corrected chi connectivity index (χ1v) is 10.2. The Kier molecular flexibility index (Phi) is 8.75. The highest BCUT2D eigenvalue weighted by Gasteiger charge is 2.15. The Morgan fingerprint density at radius 3 is 2.62 bits per heavy atom. The highest BCUT2D eigenvalue weighted by Crippen LogP contribution is 2.26. The highest BCUT2D eigenvalue weighted by molar-refractivity contribution is 5.98. The van der Waals surface area contributed by atoms with Gasteiger partial charge in [0.25, 0.3) is 5.91 Å². The van der Waals surface area contributed by atoms with Gasteiger partial charge in [0.2, 0.25) is 0 Å². The molecule has 0 aromatic heterocycles. The summed E-state index contributed by atoms with van der Waals surface area (Å²) in [5, 5.41) is 3.43. The number of primary amides is 1. The third kappa shape index (κ3) is 6.52. The van der Waals surface area contributed by atoms with E-state index in [0.29, 0.717) is 23.8 Å². The summed E-state index contributed by atoms with van der Waals surface area (Å²) in [6.07, 6.45) is 7.49. The van der Waals surface area contributed by atoms with Crippen molar-refractivity contribution in [1.29, 1.82) is 0 Å². The van der Waals surface area contributed by atoms with Crippen molar-refractivity contribution in [2.75, 3.05) is 38.1 Å². The monoisotopic (exact) mass is 361 g/mol. The van der Waals surface area contributed by atoms with Crippen LogP contribution in [0.1, 0.15) is 62.7 Å². The van der Waals surface area contributed by atoms with Crippen LogP contribution in [-0.2, 0) is 0 Å². The lowest BCUT2D eigenvalue weighted by molar-refractivity contribution is 0.100. The number of nitrogens with zero attached hydrogens (tertiary/aromatic N) is 1. The number of amides is 1. The lowest BCUT2D eigenvalue weighted by Crippen LogP contribution is -2.25. The molecule has 1 saturated carbocycles. The molecule has 5 heteroatoms. The topological polar surface area (TPSA) is 67.6 Å². The molecule has 1 aromatic carbocycles. The molecular weight excluding hydrogens is 326 g/mol. The average Bonchev–Trinajstić information content (AvgIpc) is 2.67. The zero-order chi connectivity index (χ0) is 18.8. The van der Waals surface area contributed by atoms with Crippen LogP contribution in [0.25, 0.3) is 0 Å². The summed E-state index contributed by atoms with van der Waals surface area (Å²) in [4.78, 5) is 14.2. The first kappa shape index (κ1) is 20.6. The molecule has 0 spiro atoms. The van der Waals surface area contributed by atoms with E-state index in [-0.39, 0.29) is 0 Å². The molecule has 146 valence electrons. The highest BCUT2D eigenvalue weighted by atomic mass is 16.5. The minimum absolute atomic E-state index is 0.412. The molecule has 1 aromatic rings. The van der Waals surface area contributed by atoms with Gasteiger partial charge in [0.15, 0.2) is 0 Å². The quantitative estimate of drug-likeness (QED) is 0.587. The fourth-order valence-corrected chi connectivity index (χ4v) is 3.63. The zero-order valence-electron chi connectivity index (χ0n) is 16.4. The van der Waals surface area contributed by atoms with E-state index in [0.717, 1.165) is 38.3 Å².